The summed E-state index contributed by atoms with van der Waals surface area (Å²) in [5, 5.41) is 17.9. The molecule has 1 saturated heterocycles. The largest absolute Gasteiger partial charge is 0.374 e. The lowest BCUT2D eigenvalue weighted by molar-refractivity contribution is 0.144. The Hall–Kier alpha value is -2.01. The number of allylic oxidation sites excluding steroid dienone is 7. The molecule has 4 nitrogen and oxygen atoms in total. The molecule has 1 unspecified atom stereocenters. The Balaban J connectivity index is 2.16. The van der Waals surface area contributed by atoms with Gasteiger partial charge in [0.1, 0.15) is 6.23 Å². The molecule has 0 amide bonds. The third-order valence-corrected chi connectivity index (χ3v) is 5.20. The summed E-state index contributed by atoms with van der Waals surface area (Å²) in [6, 6.07) is 0.219. The number of hydrogen-bond donors (Lipinski definition) is 3. The minimum atomic E-state index is -0.733. The lowest BCUT2D eigenvalue weighted by Crippen LogP contribution is -2.44. The van der Waals surface area contributed by atoms with E-state index in [2.05, 4.69) is 47.4 Å². The van der Waals surface area contributed by atoms with E-state index in [4.69, 9.17) is 0 Å². The van der Waals surface area contributed by atoms with E-state index in [9.17, 15) is 5.11 Å². The summed E-state index contributed by atoms with van der Waals surface area (Å²) in [7, 11) is 0. The number of aliphatic hydroxyl groups excluding tert-OH is 1. The highest BCUT2D eigenvalue weighted by Gasteiger charge is 2.27. The molecular weight excluding hydrogens is 346 g/mol. The standard InChI is InChI=1S/C24H35N3O/c1-4-6-9-20(5-2)17-23(22-12-15-26-18-22)27-24(28)21-10-7-8-13-25-14-11-19(3)16-21/h4,6-7,9-11,13-14,16,22-24,26-28H,3,5,8,12,15,17-18H2,1-2H3/b6-4-,10-7-,14-11-,20-9+,21-16?,25-13?/t22-,23+,24?/m0/s1. The van der Waals surface area contributed by atoms with Gasteiger partial charge < -0.3 is 10.4 Å². The Morgan fingerprint density at radius 1 is 1.46 bits per heavy atom. The van der Waals surface area contributed by atoms with E-state index in [0.29, 0.717) is 5.92 Å². The van der Waals surface area contributed by atoms with Crippen LogP contribution in [0, 0.1) is 5.92 Å². The van der Waals surface area contributed by atoms with Crippen LogP contribution in [0.15, 0.2) is 77.0 Å². The normalized spacial score (nSPS) is 25.5. The molecule has 0 bridgehead atoms. The van der Waals surface area contributed by atoms with E-state index in [1.807, 2.05) is 37.4 Å². The maximum absolute atomic E-state index is 11.0. The van der Waals surface area contributed by atoms with Crippen LogP contribution in [0.2, 0.25) is 0 Å². The first-order valence-electron chi connectivity index (χ1n) is 10.3. The van der Waals surface area contributed by atoms with Gasteiger partial charge in [0.15, 0.2) is 0 Å². The van der Waals surface area contributed by atoms with Gasteiger partial charge in [0, 0.05) is 24.9 Å². The molecule has 2 aliphatic heterocycles. The molecule has 0 aromatic carbocycles. The van der Waals surface area contributed by atoms with E-state index < -0.39 is 6.23 Å². The van der Waals surface area contributed by atoms with Crippen LogP contribution >= 0.6 is 0 Å². The van der Waals surface area contributed by atoms with Crippen LogP contribution in [-0.4, -0.2) is 36.7 Å². The van der Waals surface area contributed by atoms with Crippen LogP contribution in [-0.2, 0) is 0 Å². The van der Waals surface area contributed by atoms with E-state index in [1.54, 1.807) is 6.20 Å². The van der Waals surface area contributed by atoms with Crippen LogP contribution < -0.4 is 10.6 Å². The lowest BCUT2D eigenvalue weighted by atomic mass is 9.91. The number of hydrogen-bond acceptors (Lipinski definition) is 4. The van der Waals surface area contributed by atoms with Crippen molar-refractivity contribution in [3.05, 3.63) is 72.0 Å². The Labute approximate surface area is 170 Å². The molecule has 2 heterocycles. The molecule has 4 heteroatoms. The molecule has 0 aromatic rings. The number of nitrogens with one attached hydrogen (secondary N) is 2. The highest BCUT2D eigenvalue weighted by atomic mass is 16.3. The quantitative estimate of drug-likeness (QED) is 0.436. The summed E-state index contributed by atoms with van der Waals surface area (Å²) in [6.45, 7) is 10.3. The summed E-state index contributed by atoms with van der Waals surface area (Å²) in [5.74, 6) is 0.509. The molecule has 3 atom stereocenters. The Kier molecular flexibility index (Phi) is 9.91. The molecule has 0 spiro atoms. The fourth-order valence-electron chi connectivity index (χ4n) is 3.53. The second-order valence-electron chi connectivity index (χ2n) is 7.34. The van der Waals surface area contributed by atoms with Gasteiger partial charge >= 0.3 is 0 Å². The second-order valence-corrected chi connectivity index (χ2v) is 7.34. The zero-order valence-corrected chi connectivity index (χ0v) is 17.3. The van der Waals surface area contributed by atoms with Gasteiger partial charge in [-0.3, -0.25) is 10.3 Å². The first-order valence-corrected chi connectivity index (χ1v) is 10.3. The molecule has 3 N–H and O–H groups in total. The fraction of sp³-hybridized carbons (Fsp3) is 0.458. The first kappa shape index (κ1) is 22.3. The van der Waals surface area contributed by atoms with Crippen molar-refractivity contribution >= 4 is 6.21 Å². The van der Waals surface area contributed by atoms with Gasteiger partial charge in [-0.05, 0) is 68.5 Å². The van der Waals surface area contributed by atoms with Crippen LogP contribution in [0.1, 0.15) is 39.5 Å². The molecular formula is C24H35N3O. The van der Waals surface area contributed by atoms with Gasteiger partial charge in [0.25, 0.3) is 0 Å². The smallest absolute Gasteiger partial charge is 0.131 e. The second kappa shape index (κ2) is 12.4. The summed E-state index contributed by atoms with van der Waals surface area (Å²) in [6.07, 6.45) is 20.8. The van der Waals surface area contributed by atoms with Crippen LogP contribution in [0.4, 0.5) is 0 Å². The molecule has 0 aliphatic carbocycles. The van der Waals surface area contributed by atoms with Gasteiger partial charge in [-0.15, -0.1) is 0 Å². The van der Waals surface area contributed by atoms with Gasteiger partial charge in [-0.2, -0.15) is 0 Å². The fourth-order valence-corrected chi connectivity index (χ4v) is 3.53. The molecule has 28 heavy (non-hydrogen) atoms. The topological polar surface area (TPSA) is 56.6 Å². The molecule has 152 valence electrons. The van der Waals surface area contributed by atoms with Crippen molar-refractivity contribution in [2.45, 2.75) is 51.8 Å². The van der Waals surface area contributed by atoms with Crippen LogP contribution in [0.3, 0.4) is 0 Å². The third-order valence-electron chi connectivity index (χ3n) is 5.20. The Morgan fingerprint density at radius 3 is 3.04 bits per heavy atom. The zero-order valence-electron chi connectivity index (χ0n) is 17.3. The maximum Gasteiger partial charge on any atom is 0.131 e. The predicted octanol–water partition coefficient (Wildman–Crippen LogP) is 4.20. The summed E-state index contributed by atoms with van der Waals surface area (Å²) in [5.41, 5.74) is 3.05. The SMILES string of the molecule is C=C1C=C(C(O)N[C@H](C/C(=C/C=C\C)CC)[C@H]2CCNC2)/C=C\CC=N/C=C\1. The molecule has 0 aromatic heterocycles. The number of aliphatic hydroxyl groups is 1. The number of nitrogens with zero attached hydrogens (tertiary/aromatic N) is 1. The van der Waals surface area contributed by atoms with E-state index >= 15 is 0 Å². The van der Waals surface area contributed by atoms with Crippen LogP contribution in [0.5, 0.6) is 0 Å². The first-order chi connectivity index (χ1) is 13.6. The maximum atomic E-state index is 11.0. The minimum Gasteiger partial charge on any atom is -0.374 e. The lowest BCUT2D eigenvalue weighted by Gasteiger charge is -2.29. The van der Waals surface area contributed by atoms with Crippen molar-refractivity contribution in [1.82, 2.24) is 10.6 Å². The summed E-state index contributed by atoms with van der Waals surface area (Å²) in [4.78, 5) is 4.18. The van der Waals surface area contributed by atoms with E-state index in [1.165, 1.54) is 5.57 Å². The van der Waals surface area contributed by atoms with Crippen molar-refractivity contribution < 1.29 is 5.11 Å². The Bertz CT molecular complexity index is 676. The van der Waals surface area contributed by atoms with Gasteiger partial charge in [0.2, 0.25) is 0 Å². The van der Waals surface area contributed by atoms with E-state index in [0.717, 1.165) is 49.9 Å². The van der Waals surface area contributed by atoms with Crippen molar-refractivity contribution in [3.63, 3.8) is 0 Å². The summed E-state index contributed by atoms with van der Waals surface area (Å²) < 4.78 is 0. The monoisotopic (exact) mass is 381 g/mol. The Morgan fingerprint density at radius 2 is 2.32 bits per heavy atom. The molecule has 0 radical (unpaired) electrons. The summed E-state index contributed by atoms with van der Waals surface area (Å²) >= 11 is 0. The van der Waals surface area contributed by atoms with E-state index in [-0.39, 0.29) is 6.04 Å². The zero-order chi connectivity index (χ0) is 20.2. The van der Waals surface area contributed by atoms with Gasteiger partial charge in [-0.1, -0.05) is 49.5 Å². The number of aliphatic imine (C=N–C) groups is 1. The molecule has 2 rings (SSSR count). The third kappa shape index (κ3) is 7.55. The van der Waals surface area contributed by atoms with Crippen molar-refractivity contribution in [2.24, 2.45) is 10.9 Å². The van der Waals surface area contributed by atoms with Crippen molar-refractivity contribution in [3.8, 4) is 0 Å². The average molecular weight is 382 g/mol. The highest BCUT2D eigenvalue weighted by molar-refractivity contribution is 5.61. The van der Waals surface area contributed by atoms with Gasteiger partial charge in [-0.25, -0.2) is 0 Å². The molecule has 0 saturated carbocycles. The van der Waals surface area contributed by atoms with Gasteiger partial charge in [0.05, 0.1) is 0 Å². The average Bonchev–Trinajstić information content (AvgIpc) is 3.23. The highest BCUT2D eigenvalue weighted by Crippen LogP contribution is 2.22. The van der Waals surface area contributed by atoms with Crippen LogP contribution in [0.25, 0.3) is 0 Å². The number of rotatable bonds is 8. The molecule has 2 aliphatic rings. The van der Waals surface area contributed by atoms with Crippen molar-refractivity contribution in [1.29, 1.82) is 0 Å². The minimum absolute atomic E-state index is 0.219. The molecule has 1 fully saturated rings. The predicted molar refractivity (Wildman–Crippen MR) is 120 cm³/mol. The van der Waals surface area contributed by atoms with Crippen molar-refractivity contribution in [2.75, 3.05) is 13.1 Å².